The van der Waals surface area contributed by atoms with Crippen LogP contribution in [-0.2, 0) is 0 Å². The number of rotatable bonds is 8. The van der Waals surface area contributed by atoms with Crippen LogP contribution < -0.4 is 4.74 Å². The molecule has 0 saturated carbocycles. The van der Waals surface area contributed by atoms with Gasteiger partial charge in [0.15, 0.2) is 16.8 Å². The van der Waals surface area contributed by atoms with Crippen LogP contribution in [0.5, 0.6) is 5.75 Å². The molecule has 4 rings (SSSR count). The summed E-state index contributed by atoms with van der Waals surface area (Å²) in [7, 11) is 0. The second-order valence-corrected chi connectivity index (χ2v) is 7.42. The van der Waals surface area contributed by atoms with E-state index < -0.39 is 6.61 Å². The van der Waals surface area contributed by atoms with Crippen LogP contribution >= 0.6 is 11.8 Å². The highest BCUT2D eigenvalue weighted by Gasteiger charge is 2.20. The zero-order chi connectivity index (χ0) is 21.8. The fraction of sp³-hybridized carbons (Fsp3) is 0.136. The van der Waals surface area contributed by atoms with Crippen molar-refractivity contribution >= 4 is 17.5 Å². The first-order valence-corrected chi connectivity index (χ1v) is 10.3. The Kier molecular flexibility index (Phi) is 6.13. The highest BCUT2D eigenvalue weighted by molar-refractivity contribution is 7.99. The molecule has 9 heteroatoms. The Labute approximate surface area is 180 Å². The third-order valence-corrected chi connectivity index (χ3v) is 5.41. The van der Waals surface area contributed by atoms with Gasteiger partial charge in [-0.2, -0.15) is 8.78 Å². The molecule has 158 valence electrons. The van der Waals surface area contributed by atoms with E-state index >= 15 is 0 Å². The smallest absolute Gasteiger partial charge is 0.387 e. The van der Waals surface area contributed by atoms with Crippen LogP contribution in [-0.4, -0.2) is 32.9 Å². The second-order valence-electron chi connectivity index (χ2n) is 6.48. The number of benzene rings is 2. The lowest BCUT2D eigenvalue weighted by Gasteiger charge is -2.10. The van der Waals surface area contributed by atoms with E-state index in [-0.39, 0.29) is 17.3 Å². The Hall–Kier alpha value is -3.46. The predicted molar refractivity (Wildman–Crippen MR) is 112 cm³/mol. The first-order valence-electron chi connectivity index (χ1n) is 9.29. The number of halogens is 2. The summed E-state index contributed by atoms with van der Waals surface area (Å²) < 4.78 is 36.2. The lowest BCUT2D eigenvalue weighted by atomic mass is 10.1. The molecule has 0 aliphatic heterocycles. The summed E-state index contributed by atoms with van der Waals surface area (Å²) in [6.07, 6.45) is 1.59. The third-order valence-electron chi connectivity index (χ3n) is 4.48. The second kappa shape index (κ2) is 9.13. The van der Waals surface area contributed by atoms with Gasteiger partial charge in [-0.15, -0.1) is 10.2 Å². The van der Waals surface area contributed by atoms with Crippen LogP contribution in [0.1, 0.15) is 16.1 Å². The molecule has 6 nitrogen and oxygen atoms in total. The summed E-state index contributed by atoms with van der Waals surface area (Å²) >= 11 is 1.24. The Morgan fingerprint density at radius 3 is 2.48 bits per heavy atom. The Balaban J connectivity index is 1.57. The maximum atomic E-state index is 12.6. The van der Waals surface area contributed by atoms with Gasteiger partial charge >= 0.3 is 6.61 Å². The van der Waals surface area contributed by atoms with Crippen molar-refractivity contribution in [2.45, 2.75) is 18.7 Å². The van der Waals surface area contributed by atoms with Crippen molar-refractivity contribution in [3.05, 3.63) is 78.3 Å². The number of aryl methyl sites for hydroxylation is 1. The molecule has 0 saturated heterocycles. The molecule has 2 aromatic heterocycles. The minimum atomic E-state index is -2.91. The summed E-state index contributed by atoms with van der Waals surface area (Å²) in [6, 6.07) is 17.0. The van der Waals surface area contributed by atoms with Gasteiger partial charge in [-0.3, -0.25) is 9.36 Å². The zero-order valence-corrected chi connectivity index (χ0v) is 17.2. The quantitative estimate of drug-likeness (QED) is 0.269. The van der Waals surface area contributed by atoms with Crippen LogP contribution in [0.2, 0.25) is 0 Å². The van der Waals surface area contributed by atoms with E-state index in [1.807, 2.05) is 47.9 Å². The fourth-order valence-corrected chi connectivity index (χ4v) is 3.85. The van der Waals surface area contributed by atoms with Gasteiger partial charge in [0.2, 0.25) is 0 Å². The summed E-state index contributed by atoms with van der Waals surface area (Å²) in [4.78, 5) is 12.6. The highest BCUT2D eigenvalue weighted by atomic mass is 32.2. The summed E-state index contributed by atoms with van der Waals surface area (Å²) in [5.74, 6) is 1.26. The average Bonchev–Trinajstić information content (AvgIpc) is 3.38. The molecule has 0 bridgehead atoms. The van der Waals surface area contributed by atoms with Gasteiger partial charge in [-0.1, -0.05) is 30.0 Å². The standard InChI is InChI=1S/C22H17F2N3O3S/c1-14-18(11-12-29-14)20-25-26-22(27(20)16-5-3-2-4-6-16)31-13-19(28)15-7-9-17(10-8-15)30-21(23)24/h2-12,21H,13H2,1H3. The van der Waals surface area contributed by atoms with Gasteiger partial charge < -0.3 is 9.15 Å². The number of furan rings is 1. The number of carbonyl (C=O) groups excluding carboxylic acids is 1. The number of para-hydroxylation sites is 1. The molecule has 0 fully saturated rings. The molecule has 0 aliphatic carbocycles. The van der Waals surface area contributed by atoms with Crippen LogP contribution in [0.15, 0.2) is 76.5 Å². The number of Topliss-reactive ketones (excluding diaryl/α,β-unsaturated/α-hetero) is 1. The number of carbonyl (C=O) groups is 1. The maximum absolute atomic E-state index is 12.6. The van der Waals surface area contributed by atoms with Crippen LogP contribution in [0, 0.1) is 6.92 Å². The van der Waals surface area contributed by atoms with Crippen molar-refractivity contribution in [3.8, 4) is 22.8 Å². The number of nitrogens with zero attached hydrogens (tertiary/aromatic N) is 3. The predicted octanol–water partition coefficient (Wildman–Crippen LogP) is 5.41. The van der Waals surface area contributed by atoms with Crippen LogP contribution in [0.25, 0.3) is 17.1 Å². The molecule has 0 unspecified atom stereocenters. The molecule has 0 spiro atoms. The Bertz CT molecular complexity index is 1170. The number of thioether (sulfide) groups is 1. The Morgan fingerprint density at radius 1 is 1.10 bits per heavy atom. The van der Waals surface area contributed by atoms with Gasteiger partial charge in [0.25, 0.3) is 0 Å². The molecule has 0 aliphatic rings. The van der Waals surface area contributed by atoms with Crippen molar-refractivity contribution in [2.24, 2.45) is 0 Å². The van der Waals surface area contributed by atoms with E-state index in [4.69, 9.17) is 4.42 Å². The largest absolute Gasteiger partial charge is 0.469 e. The minimum absolute atomic E-state index is 0.00291. The monoisotopic (exact) mass is 441 g/mol. The van der Waals surface area contributed by atoms with Crippen LogP contribution in [0.4, 0.5) is 8.78 Å². The van der Waals surface area contributed by atoms with Gasteiger partial charge in [0.05, 0.1) is 17.6 Å². The molecule has 0 N–H and O–H groups in total. The number of alkyl halides is 2. The first-order chi connectivity index (χ1) is 15.0. The van der Waals surface area contributed by atoms with Gasteiger partial charge in [0, 0.05) is 11.3 Å². The number of hydrogen-bond acceptors (Lipinski definition) is 6. The number of aromatic nitrogens is 3. The summed E-state index contributed by atoms with van der Waals surface area (Å²) in [5, 5.41) is 9.15. The zero-order valence-electron chi connectivity index (χ0n) is 16.4. The van der Waals surface area contributed by atoms with E-state index in [1.165, 1.54) is 36.0 Å². The van der Waals surface area contributed by atoms with E-state index in [0.29, 0.717) is 22.3 Å². The molecule has 2 heterocycles. The van der Waals surface area contributed by atoms with E-state index in [2.05, 4.69) is 14.9 Å². The normalized spacial score (nSPS) is 11.1. The Morgan fingerprint density at radius 2 is 1.84 bits per heavy atom. The molecular weight excluding hydrogens is 424 g/mol. The minimum Gasteiger partial charge on any atom is -0.469 e. The van der Waals surface area contributed by atoms with Crippen molar-refractivity contribution < 1.29 is 22.7 Å². The molecule has 0 radical (unpaired) electrons. The lowest BCUT2D eigenvalue weighted by molar-refractivity contribution is -0.0498. The summed E-state index contributed by atoms with van der Waals surface area (Å²) in [6.45, 7) is -1.06. The fourth-order valence-electron chi connectivity index (χ4n) is 3.00. The van der Waals surface area contributed by atoms with Gasteiger partial charge in [0.1, 0.15) is 11.5 Å². The number of ether oxygens (including phenoxy) is 1. The van der Waals surface area contributed by atoms with E-state index in [9.17, 15) is 13.6 Å². The lowest BCUT2D eigenvalue weighted by Crippen LogP contribution is -2.06. The molecule has 0 atom stereocenters. The molecule has 31 heavy (non-hydrogen) atoms. The van der Waals surface area contributed by atoms with E-state index in [1.54, 1.807) is 6.26 Å². The SMILES string of the molecule is Cc1occc1-c1nnc(SCC(=O)c2ccc(OC(F)F)cc2)n1-c1ccccc1. The topological polar surface area (TPSA) is 70.2 Å². The molecule has 2 aromatic carbocycles. The number of hydrogen-bond donors (Lipinski definition) is 0. The van der Waals surface area contributed by atoms with Crippen molar-refractivity contribution in [2.75, 3.05) is 5.75 Å². The first kappa shape index (κ1) is 20.8. The third kappa shape index (κ3) is 4.66. The van der Waals surface area contributed by atoms with Gasteiger partial charge in [-0.25, -0.2) is 0 Å². The van der Waals surface area contributed by atoms with Crippen molar-refractivity contribution in [1.29, 1.82) is 0 Å². The van der Waals surface area contributed by atoms with Crippen molar-refractivity contribution in [1.82, 2.24) is 14.8 Å². The van der Waals surface area contributed by atoms with Gasteiger partial charge in [-0.05, 0) is 49.4 Å². The van der Waals surface area contributed by atoms with Crippen LogP contribution in [0.3, 0.4) is 0 Å². The average molecular weight is 441 g/mol. The maximum Gasteiger partial charge on any atom is 0.387 e. The molecular formula is C22H17F2N3O3S. The molecule has 0 amide bonds. The summed E-state index contributed by atoms with van der Waals surface area (Å²) in [5.41, 5.74) is 2.06. The molecule has 4 aromatic rings. The number of ketones is 1. The van der Waals surface area contributed by atoms with E-state index in [0.717, 1.165) is 11.3 Å². The highest BCUT2D eigenvalue weighted by Crippen LogP contribution is 2.30. The van der Waals surface area contributed by atoms with Crippen molar-refractivity contribution in [3.63, 3.8) is 0 Å².